The number of rotatable bonds is 8. The fourth-order valence-electron chi connectivity index (χ4n) is 1.95. The Morgan fingerprint density at radius 3 is 2.70 bits per heavy atom. The summed E-state index contributed by atoms with van der Waals surface area (Å²) in [5.74, 6) is 0.945. The van der Waals surface area contributed by atoms with E-state index >= 15 is 0 Å². The summed E-state index contributed by atoms with van der Waals surface area (Å²) < 4.78 is 0. The predicted octanol–water partition coefficient (Wildman–Crippen LogP) is 3.06. The molecule has 0 fully saturated rings. The molecule has 0 aliphatic heterocycles. The zero-order chi connectivity index (χ0) is 14.2. The van der Waals surface area contributed by atoms with Crippen LogP contribution in [0.5, 0.6) is 0 Å². The predicted molar refractivity (Wildman–Crippen MR) is 85.1 cm³/mol. The third-order valence-electron chi connectivity index (χ3n) is 3.07. The molecule has 0 saturated heterocycles. The number of aromatic nitrogens is 2. The van der Waals surface area contributed by atoms with Gasteiger partial charge in [0, 0.05) is 18.0 Å². The first-order valence-electron chi connectivity index (χ1n) is 7.14. The van der Waals surface area contributed by atoms with E-state index in [9.17, 15) is 0 Å². The molecule has 0 aromatic carbocycles. The van der Waals surface area contributed by atoms with Crippen molar-refractivity contribution in [1.82, 2.24) is 15.5 Å². The number of nitrogens with zero attached hydrogens (tertiary/aromatic N) is 3. The van der Waals surface area contributed by atoms with Crippen LogP contribution in [0.3, 0.4) is 0 Å². The van der Waals surface area contributed by atoms with Crippen LogP contribution in [0.1, 0.15) is 30.8 Å². The molecule has 0 spiro atoms. The van der Waals surface area contributed by atoms with Crippen LogP contribution >= 0.6 is 11.3 Å². The zero-order valence-electron chi connectivity index (χ0n) is 12.2. The summed E-state index contributed by atoms with van der Waals surface area (Å²) >= 11 is 1.78. The van der Waals surface area contributed by atoms with E-state index < -0.39 is 0 Å². The van der Waals surface area contributed by atoms with Gasteiger partial charge in [-0.2, -0.15) is 5.10 Å². The molecule has 1 N–H and O–H groups in total. The maximum Gasteiger partial charge on any atom is 0.151 e. The van der Waals surface area contributed by atoms with E-state index in [2.05, 4.69) is 63.9 Å². The fourth-order valence-corrected chi connectivity index (χ4v) is 2.67. The Bertz CT molecular complexity index is 481. The molecule has 20 heavy (non-hydrogen) atoms. The van der Waals surface area contributed by atoms with E-state index in [0.717, 1.165) is 44.1 Å². The summed E-state index contributed by atoms with van der Waals surface area (Å²) in [7, 11) is 0. The minimum atomic E-state index is 0.790. The van der Waals surface area contributed by atoms with Crippen LogP contribution in [-0.2, 0) is 13.1 Å². The Hall–Kier alpha value is -1.46. The number of nitrogens with one attached hydrogen (secondary N) is 1. The van der Waals surface area contributed by atoms with Crippen LogP contribution in [0, 0.1) is 0 Å². The molecule has 0 bridgehead atoms. The molecule has 2 rings (SSSR count). The van der Waals surface area contributed by atoms with Gasteiger partial charge in [-0.05, 0) is 43.5 Å². The summed E-state index contributed by atoms with van der Waals surface area (Å²) in [6.07, 6.45) is 1.13. The number of hydrogen-bond donors (Lipinski definition) is 1. The Kier molecular flexibility index (Phi) is 5.95. The average Bonchev–Trinajstić information content (AvgIpc) is 2.99. The normalized spacial score (nSPS) is 10.7. The van der Waals surface area contributed by atoms with Gasteiger partial charge in [0.15, 0.2) is 5.82 Å². The van der Waals surface area contributed by atoms with Crippen molar-refractivity contribution in [1.29, 1.82) is 0 Å². The highest BCUT2D eigenvalue weighted by molar-refractivity contribution is 7.09. The molecule has 2 heterocycles. The molecule has 0 radical (unpaired) electrons. The molecule has 5 heteroatoms. The Morgan fingerprint density at radius 2 is 2.10 bits per heavy atom. The van der Waals surface area contributed by atoms with Crippen LogP contribution in [0.15, 0.2) is 29.6 Å². The number of thiophene rings is 1. The van der Waals surface area contributed by atoms with Gasteiger partial charge in [0.05, 0.1) is 12.2 Å². The van der Waals surface area contributed by atoms with Crippen molar-refractivity contribution in [2.75, 3.05) is 18.0 Å². The van der Waals surface area contributed by atoms with Gasteiger partial charge < -0.3 is 10.2 Å². The Balaban J connectivity index is 1.96. The van der Waals surface area contributed by atoms with Gasteiger partial charge in [0.1, 0.15) is 0 Å². The molecule has 0 aliphatic carbocycles. The molecule has 2 aromatic rings. The second-order valence-electron chi connectivity index (χ2n) is 4.65. The van der Waals surface area contributed by atoms with Crippen molar-refractivity contribution in [3.8, 4) is 0 Å². The minimum absolute atomic E-state index is 0.790. The topological polar surface area (TPSA) is 41.0 Å². The summed E-state index contributed by atoms with van der Waals surface area (Å²) in [4.78, 5) is 3.59. The summed E-state index contributed by atoms with van der Waals surface area (Å²) in [5, 5.41) is 14.1. The monoisotopic (exact) mass is 290 g/mol. The van der Waals surface area contributed by atoms with Crippen LogP contribution in [0.25, 0.3) is 0 Å². The van der Waals surface area contributed by atoms with Crippen LogP contribution in [-0.4, -0.2) is 23.3 Å². The van der Waals surface area contributed by atoms with Crippen molar-refractivity contribution in [3.05, 3.63) is 40.2 Å². The smallest absolute Gasteiger partial charge is 0.151 e. The molecule has 0 unspecified atom stereocenters. The largest absolute Gasteiger partial charge is 0.350 e. The van der Waals surface area contributed by atoms with Crippen molar-refractivity contribution >= 4 is 17.2 Å². The molecule has 0 amide bonds. The Morgan fingerprint density at radius 1 is 1.20 bits per heavy atom. The second kappa shape index (κ2) is 7.97. The van der Waals surface area contributed by atoms with Gasteiger partial charge in [-0.1, -0.05) is 13.0 Å². The van der Waals surface area contributed by atoms with Crippen molar-refractivity contribution in [2.24, 2.45) is 0 Å². The summed E-state index contributed by atoms with van der Waals surface area (Å²) in [6, 6.07) is 8.36. The van der Waals surface area contributed by atoms with E-state index in [0.29, 0.717) is 0 Å². The standard InChI is InChI=1S/C15H22N4S/c1-3-9-16-11-13-7-8-15(18-17-13)19(4-2)12-14-6-5-10-20-14/h5-8,10,16H,3-4,9,11-12H2,1-2H3. The molecule has 4 nitrogen and oxygen atoms in total. The SMILES string of the molecule is CCCNCc1ccc(N(CC)Cc2cccs2)nn1. The minimum Gasteiger partial charge on any atom is -0.350 e. The van der Waals surface area contributed by atoms with E-state index in [1.54, 1.807) is 11.3 Å². The van der Waals surface area contributed by atoms with Crippen molar-refractivity contribution in [2.45, 2.75) is 33.4 Å². The van der Waals surface area contributed by atoms with Gasteiger partial charge in [-0.15, -0.1) is 16.4 Å². The van der Waals surface area contributed by atoms with E-state index in [-0.39, 0.29) is 0 Å². The first-order valence-corrected chi connectivity index (χ1v) is 8.02. The van der Waals surface area contributed by atoms with E-state index in [1.165, 1.54) is 4.88 Å². The zero-order valence-corrected chi connectivity index (χ0v) is 13.0. The molecular formula is C15H22N4S. The third kappa shape index (κ3) is 4.28. The van der Waals surface area contributed by atoms with Crippen molar-refractivity contribution < 1.29 is 0 Å². The first kappa shape index (κ1) is 14.9. The average molecular weight is 290 g/mol. The maximum absolute atomic E-state index is 4.35. The van der Waals surface area contributed by atoms with Crippen molar-refractivity contribution in [3.63, 3.8) is 0 Å². The highest BCUT2D eigenvalue weighted by Gasteiger charge is 2.08. The lowest BCUT2D eigenvalue weighted by Crippen LogP contribution is -2.23. The van der Waals surface area contributed by atoms with Gasteiger partial charge in [-0.3, -0.25) is 0 Å². The lowest BCUT2D eigenvalue weighted by molar-refractivity contribution is 0.655. The van der Waals surface area contributed by atoms with Gasteiger partial charge >= 0.3 is 0 Å². The third-order valence-corrected chi connectivity index (χ3v) is 3.93. The van der Waals surface area contributed by atoms with Gasteiger partial charge in [-0.25, -0.2) is 0 Å². The molecule has 0 saturated carbocycles. The second-order valence-corrected chi connectivity index (χ2v) is 5.69. The molecule has 108 valence electrons. The lowest BCUT2D eigenvalue weighted by atomic mass is 10.3. The summed E-state index contributed by atoms with van der Waals surface area (Å²) in [6.45, 7) is 7.94. The molecule has 0 atom stereocenters. The van der Waals surface area contributed by atoms with E-state index in [4.69, 9.17) is 0 Å². The number of anilines is 1. The van der Waals surface area contributed by atoms with Crippen LogP contribution in [0.4, 0.5) is 5.82 Å². The number of hydrogen-bond acceptors (Lipinski definition) is 5. The molecule has 0 aliphatic rings. The summed E-state index contributed by atoms with van der Waals surface area (Å²) in [5.41, 5.74) is 0.995. The first-order chi connectivity index (χ1) is 9.83. The van der Waals surface area contributed by atoms with Gasteiger partial charge in [0.25, 0.3) is 0 Å². The Labute approximate surface area is 124 Å². The highest BCUT2D eigenvalue weighted by atomic mass is 32.1. The van der Waals surface area contributed by atoms with Crippen LogP contribution in [0.2, 0.25) is 0 Å². The molecule has 2 aromatic heterocycles. The maximum atomic E-state index is 4.35. The quantitative estimate of drug-likeness (QED) is 0.759. The van der Waals surface area contributed by atoms with E-state index in [1.807, 2.05) is 0 Å². The van der Waals surface area contributed by atoms with Gasteiger partial charge in [0.2, 0.25) is 0 Å². The molecular weight excluding hydrogens is 268 g/mol. The lowest BCUT2D eigenvalue weighted by Gasteiger charge is -2.20. The highest BCUT2D eigenvalue weighted by Crippen LogP contribution is 2.16. The van der Waals surface area contributed by atoms with Crippen LogP contribution < -0.4 is 10.2 Å². The fraction of sp³-hybridized carbons (Fsp3) is 0.467.